The Morgan fingerprint density at radius 2 is 2.04 bits per heavy atom. The monoisotopic (exact) mass is 383 g/mol. The van der Waals surface area contributed by atoms with Crippen molar-refractivity contribution in [1.82, 2.24) is 9.79 Å². The smallest absolute Gasteiger partial charge is 0.247 e. The van der Waals surface area contributed by atoms with Crippen LogP contribution in [0.15, 0.2) is 24.3 Å². The molecule has 3 N–H and O–H groups in total. The Hall–Kier alpha value is -0.900. The zero-order valence-corrected chi connectivity index (χ0v) is 16.1. The van der Waals surface area contributed by atoms with Crippen LogP contribution in [0.1, 0.15) is 38.7 Å². The molecule has 6 nitrogen and oxygen atoms in total. The summed E-state index contributed by atoms with van der Waals surface area (Å²) in [5, 5.41) is 13.3. The Morgan fingerprint density at radius 3 is 2.56 bits per heavy atom. The number of nitrogens with one attached hydrogen (secondary N) is 1. The molecule has 0 aromatic heterocycles. The summed E-state index contributed by atoms with van der Waals surface area (Å²) in [4.78, 5) is 14.1. The highest BCUT2D eigenvalue weighted by Crippen LogP contribution is 2.48. The summed E-state index contributed by atoms with van der Waals surface area (Å²) in [6.45, 7) is 5.79. The highest BCUT2D eigenvalue weighted by Gasteiger charge is 2.44. The van der Waals surface area contributed by atoms with Gasteiger partial charge in [-0.2, -0.15) is 0 Å². The van der Waals surface area contributed by atoms with E-state index in [1.807, 2.05) is 12.1 Å². The molecule has 1 amide bonds. The van der Waals surface area contributed by atoms with E-state index >= 15 is 0 Å². The number of nitrogens with zero attached hydrogens (tertiary/aromatic N) is 2. The van der Waals surface area contributed by atoms with Crippen LogP contribution in [-0.4, -0.2) is 45.3 Å². The number of benzene rings is 1. The first kappa shape index (κ1) is 18.9. The molecule has 1 saturated heterocycles. The van der Waals surface area contributed by atoms with Crippen LogP contribution in [0.2, 0.25) is 0 Å². The summed E-state index contributed by atoms with van der Waals surface area (Å²) in [5.74, 6) is -0.228. The lowest BCUT2D eigenvalue weighted by molar-refractivity contribution is -0.128. The number of carbonyl (C=O) groups excluding carboxylic acids is 1. The largest absolute Gasteiger partial charge is 0.314 e. The van der Waals surface area contributed by atoms with Gasteiger partial charge < -0.3 is 20.0 Å². The fourth-order valence-electron chi connectivity index (χ4n) is 3.35. The lowest BCUT2D eigenvalue weighted by Gasteiger charge is -2.22. The molecule has 3 rings (SSSR count). The van der Waals surface area contributed by atoms with Gasteiger partial charge in [0.15, 0.2) is 0 Å². The number of anilines is 1. The Balaban J connectivity index is 1.69. The second kappa shape index (κ2) is 7.38. The number of carbonyl (C=O) groups is 1. The molecule has 0 bridgehead atoms. The minimum absolute atomic E-state index is 0.228. The summed E-state index contributed by atoms with van der Waals surface area (Å²) in [7, 11) is -1.74. The Labute approximate surface area is 155 Å². The van der Waals surface area contributed by atoms with Crippen molar-refractivity contribution in [2.45, 2.75) is 50.6 Å². The van der Waals surface area contributed by atoms with Crippen LogP contribution in [0.3, 0.4) is 0 Å². The van der Waals surface area contributed by atoms with Crippen LogP contribution in [0, 0.1) is 0 Å². The minimum Gasteiger partial charge on any atom is -0.314 e. The quantitative estimate of drug-likeness (QED) is 0.625. The molecule has 2 atom stereocenters. The van der Waals surface area contributed by atoms with E-state index in [0.29, 0.717) is 23.5 Å². The third kappa shape index (κ3) is 3.94. The molecule has 138 valence electrons. The van der Waals surface area contributed by atoms with E-state index in [1.165, 1.54) is 18.4 Å². The molecule has 2 fully saturated rings. The van der Waals surface area contributed by atoms with Crippen molar-refractivity contribution in [3.8, 4) is 0 Å². The summed E-state index contributed by atoms with van der Waals surface area (Å²) in [5.41, 5.74) is 2.36. The topological polar surface area (TPSA) is 76.0 Å². The van der Waals surface area contributed by atoms with Crippen molar-refractivity contribution >= 4 is 32.7 Å². The molecular weight excluding hydrogens is 358 g/mol. The van der Waals surface area contributed by atoms with Gasteiger partial charge in [-0.15, -0.1) is 0 Å². The van der Waals surface area contributed by atoms with Crippen molar-refractivity contribution in [3.05, 3.63) is 29.8 Å². The van der Waals surface area contributed by atoms with Gasteiger partial charge in [-0.3, -0.25) is 4.79 Å². The lowest BCUT2D eigenvalue weighted by atomic mass is 9.95. The predicted octanol–water partition coefficient (Wildman–Crippen LogP) is 1.98. The van der Waals surface area contributed by atoms with E-state index in [4.69, 9.17) is 0 Å². The molecular formula is C17H25N3O3S2. The molecule has 1 heterocycles. The fraction of sp³-hybridized carbons (Fsp3) is 0.588. The molecule has 1 aliphatic heterocycles. The van der Waals surface area contributed by atoms with Crippen LogP contribution >= 0.6 is 0 Å². The van der Waals surface area contributed by atoms with Gasteiger partial charge in [-0.05, 0) is 48.1 Å². The van der Waals surface area contributed by atoms with Crippen molar-refractivity contribution in [2.75, 3.05) is 18.0 Å². The Bertz CT molecular complexity index is 662. The van der Waals surface area contributed by atoms with Crippen molar-refractivity contribution in [1.29, 1.82) is 0 Å². The third-order valence-corrected chi connectivity index (χ3v) is 6.13. The summed E-state index contributed by atoms with van der Waals surface area (Å²) in [6.07, 6.45) is 2.82. The first-order chi connectivity index (χ1) is 11.8. The summed E-state index contributed by atoms with van der Waals surface area (Å²) < 4.78 is 9.91. The second-order valence-corrected chi connectivity index (χ2v) is 8.92. The minimum atomic E-state index is -1.74. The van der Waals surface area contributed by atoms with E-state index in [-0.39, 0.29) is 11.3 Å². The van der Waals surface area contributed by atoms with Crippen LogP contribution in [0.5, 0.6) is 0 Å². The highest BCUT2D eigenvalue weighted by atomic mass is 32.8. The van der Waals surface area contributed by atoms with Crippen molar-refractivity contribution in [3.63, 3.8) is 0 Å². The van der Waals surface area contributed by atoms with Crippen LogP contribution < -0.4 is 10.2 Å². The van der Waals surface area contributed by atoms with Gasteiger partial charge in [0, 0.05) is 30.2 Å². The van der Waals surface area contributed by atoms with Crippen LogP contribution in [0.25, 0.3) is 0 Å². The van der Waals surface area contributed by atoms with Gasteiger partial charge >= 0.3 is 0 Å². The van der Waals surface area contributed by atoms with E-state index < -0.39 is 16.0 Å². The van der Waals surface area contributed by atoms with Gasteiger partial charge in [0.05, 0.1) is 0 Å². The first-order valence-electron chi connectivity index (χ1n) is 8.58. The number of rotatable bonds is 7. The number of hydrogen-bond donors (Lipinski definition) is 3. The molecule has 0 radical (unpaired) electrons. The molecule has 2 unspecified atom stereocenters. The molecule has 1 saturated carbocycles. The van der Waals surface area contributed by atoms with E-state index in [0.717, 1.165) is 12.2 Å². The standard InChI is InChI=1S/C17H25N3O3S2/c1-12(2)18-11-17(8-9-17)13-3-5-14(6-4-13)19-10-7-15(16(19)21)20(22)25(23)24/h3-6,12,15,18,22H,7-11H2,1-2H3,(H,23,24). The average molecular weight is 384 g/mol. The fourth-order valence-corrected chi connectivity index (χ4v) is 4.07. The van der Waals surface area contributed by atoms with Gasteiger partial charge in [-0.25, -0.2) is 0 Å². The van der Waals surface area contributed by atoms with Crippen LogP contribution in [-0.2, 0) is 31.3 Å². The van der Waals surface area contributed by atoms with E-state index in [9.17, 15) is 14.6 Å². The SMILES string of the molecule is CC(C)NCC1(c2ccc(N3CCC(N(O)S(O)=S)C3=O)cc2)CC1. The third-order valence-electron chi connectivity index (χ3n) is 5.10. The van der Waals surface area contributed by atoms with Gasteiger partial charge in [0.25, 0.3) is 0 Å². The average Bonchev–Trinajstić information content (AvgIpc) is 3.29. The normalized spacial score (nSPS) is 23.5. The molecule has 1 aromatic carbocycles. The Kier molecular flexibility index (Phi) is 5.57. The van der Waals surface area contributed by atoms with Gasteiger partial charge in [0.1, 0.15) is 16.0 Å². The van der Waals surface area contributed by atoms with Gasteiger partial charge in [-0.1, -0.05) is 30.4 Å². The maximum Gasteiger partial charge on any atom is 0.247 e. The molecule has 1 aromatic rings. The molecule has 1 aliphatic carbocycles. The van der Waals surface area contributed by atoms with Crippen LogP contribution in [0.4, 0.5) is 5.69 Å². The molecule has 2 aliphatic rings. The van der Waals surface area contributed by atoms with Crippen molar-refractivity contribution in [2.24, 2.45) is 0 Å². The Morgan fingerprint density at radius 1 is 1.40 bits per heavy atom. The lowest BCUT2D eigenvalue weighted by Crippen LogP contribution is -2.40. The first-order valence-corrected chi connectivity index (χ1v) is 10.6. The van der Waals surface area contributed by atoms with Gasteiger partial charge in [0.2, 0.25) is 5.91 Å². The van der Waals surface area contributed by atoms with E-state index in [1.54, 1.807) is 4.90 Å². The summed E-state index contributed by atoms with van der Waals surface area (Å²) in [6, 6.07) is 7.85. The van der Waals surface area contributed by atoms with Crippen molar-refractivity contribution < 1.29 is 14.6 Å². The summed E-state index contributed by atoms with van der Waals surface area (Å²) >= 11 is 4.64. The second-order valence-electron chi connectivity index (χ2n) is 7.19. The maximum atomic E-state index is 12.5. The molecule has 0 spiro atoms. The zero-order valence-electron chi connectivity index (χ0n) is 14.5. The number of hydrogen-bond acceptors (Lipinski definition) is 4. The number of amides is 1. The highest BCUT2D eigenvalue weighted by molar-refractivity contribution is 8.24. The zero-order chi connectivity index (χ0) is 18.2. The molecule has 8 heteroatoms. The maximum absolute atomic E-state index is 12.5. The predicted molar refractivity (Wildman–Crippen MR) is 102 cm³/mol. The number of hydroxylamine groups is 1. The molecule has 25 heavy (non-hydrogen) atoms. The van der Waals surface area contributed by atoms with E-state index in [2.05, 4.69) is 42.5 Å².